The van der Waals surface area contributed by atoms with E-state index in [4.69, 9.17) is 11.6 Å². The SMILES string of the molecule is Sc1cccc(Cl)c1N1CCCC1. The van der Waals surface area contributed by atoms with Crippen LogP contribution in [0.25, 0.3) is 0 Å². The number of hydrogen-bond acceptors (Lipinski definition) is 2. The molecule has 1 saturated heterocycles. The van der Waals surface area contributed by atoms with Crippen LogP contribution in [0.3, 0.4) is 0 Å². The normalized spacial score (nSPS) is 16.6. The minimum atomic E-state index is 0.814. The zero-order chi connectivity index (χ0) is 9.26. The van der Waals surface area contributed by atoms with Crippen molar-refractivity contribution < 1.29 is 0 Å². The van der Waals surface area contributed by atoms with Crippen LogP contribution in [0, 0.1) is 0 Å². The van der Waals surface area contributed by atoms with Crippen molar-refractivity contribution in [2.75, 3.05) is 18.0 Å². The van der Waals surface area contributed by atoms with Crippen LogP contribution in [0.5, 0.6) is 0 Å². The number of rotatable bonds is 1. The van der Waals surface area contributed by atoms with Gasteiger partial charge in [0.2, 0.25) is 0 Å². The van der Waals surface area contributed by atoms with E-state index < -0.39 is 0 Å². The monoisotopic (exact) mass is 213 g/mol. The summed E-state index contributed by atoms with van der Waals surface area (Å²) in [7, 11) is 0. The highest BCUT2D eigenvalue weighted by atomic mass is 35.5. The van der Waals surface area contributed by atoms with Crippen molar-refractivity contribution in [2.45, 2.75) is 17.7 Å². The predicted octanol–water partition coefficient (Wildman–Crippen LogP) is 3.23. The van der Waals surface area contributed by atoms with E-state index in [9.17, 15) is 0 Å². The van der Waals surface area contributed by atoms with Gasteiger partial charge in [-0.1, -0.05) is 17.7 Å². The maximum absolute atomic E-state index is 6.12. The molecule has 0 atom stereocenters. The van der Waals surface area contributed by atoms with Gasteiger partial charge in [-0.15, -0.1) is 12.6 Å². The Hall–Kier alpha value is -0.340. The molecule has 3 heteroatoms. The smallest absolute Gasteiger partial charge is 0.0691 e. The minimum Gasteiger partial charge on any atom is -0.369 e. The van der Waals surface area contributed by atoms with Gasteiger partial charge >= 0.3 is 0 Å². The van der Waals surface area contributed by atoms with Gasteiger partial charge in [0.05, 0.1) is 10.7 Å². The zero-order valence-corrected chi connectivity index (χ0v) is 8.98. The first-order chi connectivity index (χ1) is 6.29. The van der Waals surface area contributed by atoms with Crippen molar-refractivity contribution in [1.82, 2.24) is 0 Å². The van der Waals surface area contributed by atoms with Crippen molar-refractivity contribution in [3.05, 3.63) is 23.2 Å². The van der Waals surface area contributed by atoms with Crippen LogP contribution < -0.4 is 4.90 Å². The molecule has 13 heavy (non-hydrogen) atoms. The Balaban J connectivity index is 2.37. The van der Waals surface area contributed by atoms with E-state index in [1.165, 1.54) is 12.8 Å². The summed E-state index contributed by atoms with van der Waals surface area (Å²) in [6.07, 6.45) is 2.52. The molecule has 0 N–H and O–H groups in total. The van der Waals surface area contributed by atoms with Crippen molar-refractivity contribution >= 4 is 29.9 Å². The maximum atomic E-state index is 6.12. The summed E-state index contributed by atoms with van der Waals surface area (Å²) in [6.45, 7) is 2.22. The van der Waals surface area contributed by atoms with Gasteiger partial charge in [0.1, 0.15) is 0 Å². The molecule has 1 aliphatic heterocycles. The highest BCUT2D eigenvalue weighted by Gasteiger charge is 2.16. The van der Waals surface area contributed by atoms with Crippen molar-refractivity contribution in [2.24, 2.45) is 0 Å². The van der Waals surface area contributed by atoms with E-state index in [2.05, 4.69) is 17.5 Å². The highest BCUT2D eigenvalue weighted by Crippen LogP contribution is 2.34. The Kier molecular flexibility index (Phi) is 2.70. The second-order valence-electron chi connectivity index (χ2n) is 3.30. The summed E-state index contributed by atoms with van der Waals surface area (Å²) in [5.41, 5.74) is 1.10. The fraction of sp³-hybridized carbons (Fsp3) is 0.400. The van der Waals surface area contributed by atoms with Crippen molar-refractivity contribution in [1.29, 1.82) is 0 Å². The Morgan fingerprint density at radius 1 is 1.23 bits per heavy atom. The average Bonchev–Trinajstić information content (AvgIpc) is 2.57. The zero-order valence-electron chi connectivity index (χ0n) is 7.33. The number of hydrogen-bond donors (Lipinski definition) is 1. The topological polar surface area (TPSA) is 3.24 Å². The van der Waals surface area contributed by atoms with Gasteiger partial charge in [0.15, 0.2) is 0 Å². The predicted molar refractivity (Wildman–Crippen MR) is 60.2 cm³/mol. The second-order valence-corrected chi connectivity index (χ2v) is 4.19. The third-order valence-corrected chi connectivity index (χ3v) is 3.05. The molecule has 1 heterocycles. The first-order valence-corrected chi connectivity index (χ1v) is 5.34. The molecule has 70 valence electrons. The molecule has 2 rings (SSSR count). The summed E-state index contributed by atoms with van der Waals surface area (Å²) in [5, 5.41) is 0.814. The van der Waals surface area contributed by atoms with Gasteiger partial charge in [-0.3, -0.25) is 0 Å². The lowest BCUT2D eigenvalue weighted by Crippen LogP contribution is -2.18. The fourth-order valence-electron chi connectivity index (χ4n) is 1.76. The van der Waals surface area contributed by atoms with E-state index >= 15 is 0 Å². The molecule has 0 radical (unpaired) electrons. The molecule has 0 unspecified atom stereocenters. The maximum Gasteiger partial charge on any atom is 0.0691 e. The van der Waals surface area contributed by atoms with Gasteiger partial charge < -0.3 is 4.90 Å². The lowest BCUT2D eigenvalue weighted by atomic mass is 10.3. The lowest BCUT2D eigenvalue weighted by Gasteiger charge is -2.20. The van der Waals surface area contributed by atoms with Crippen LogP contribution in [0.1, 0.15) is 12.8 Å². The Labute approximate surface area is 89.1 Å². The van der Waals surface area contributed by atoms with Gasteiger partial charge in [0, 0.05) is 18.0 Å². The highest BCUT2D eigenvalue weighted by molar-refractivity contribution is 7.80. The van der Waals surface area contributed by atoms with E-state index in [-0.39, 0.29) is 0 Å². The molecular formula is C10H12ClNS. The first kappa shape index (κ1) is 9.22. The average molecular weight is 214 g/mol. The van der Waals surface area contributed by atoms with E-state index in [1.807, 2.05) is 18.2 Å². The first-order valence-electron chi connectivity index (χ1n) is 4.51. The lowest BCUT2D eigenvalue weighted by molar-refractivity contribution is 0.949. The summed E-state index contributed by atoms with van der Waals surface area (Å²) >= 11 is 10.5. The largest absolute Gasteiger partial charge is 0.369 e. The molecule has 1 nitrogen and oxygen atoms in total. The van der Waals surface area contributed by atoms with Crippen molar-refractivity contribution in [3.63, 3.8) is 0 Å². The molecule has 0 saturated carbocycles. The Morgan fingerprint density at radius 3 is 2.54 bits per heavy atom. The molecule has 0 amide bonds. The van der Waals surface area contributed by atoms with Crippen LogP contribution in [-0.4, -0.2) is 13.1 Å². The standard InChI is InChI=1S/C10H12ClNS/c11-8-4-3-5-9(13)10(8)12-6-1-2-7-12/h3-5,13H,1-2,6-7H2. The molecular weight excluding hydrogens is 202 g/mol. The minimum absolute atomic E-state index is 0.814. The fourth-order valence-corrected chi connectivity index (χ4v) is 2.47. The summed E-state index contributed by atoms with van der Waals surface area (Å²) < 4.78 is 0. The van der Waals surface area contributed by atoms with Gasteiger partial charge in [-0.05, 0) is 25.0 Å². The van der Waals surface area contributed by atoms with Crippen molar-refractivity contribution in [3.8, 4) is 0 Å². The molecule has 0 aliphatic carbocycles. The molecule has 1 aliphatic rings. The second kappa shape index (κ2) is 3.81. The van der Waals surface area contributed by atoms with Crippen LogP contribution in [-0.2, 0) is 0 Å². The molecule has 1 aromatic carbocycles. The summed E-state index contributed by atoms with van der Waals surface area (Å²) in [5.74, 6) is 0. The third kappa shape index (κ3) is 1.79. The van der Waals surface area contributed by atoms with Gasteiger partial charge in [0.25, 0.3) is 0 Å². The van der Waals surface area contributed by atoms with Crippen LogP contribution in [0.2, 0.25) is 5.02 Å². The van der Waals surface area contributed by atoms with Gasteiger partial charge in [-0.2, -0.15) is 0 Å². The van der Waals surface area contributed by atoms with E-state index in [0.29, 0.717) is 0 Å². The summed E-state index contributed by atoms with van der Waals surface area (Å²) in [4.78, 5) is 3.29. The molecule has 1 fully saturated rings. The molecule has 0 spiro atoms. The van der Waals surface area contributed by atoms with Gasteiger partial charge in [-0.25, -0.2) is 0 Å². The number of anilines is 1. The number of halogens is 1. The Bertz CT molecular complexity index is 288. The number of benzene rings is 1. The molecule has 1 aromatic rings. The van der Waals surface area contributed by atoms with Crippen LogP contribution >= 0.6 is 24.2 Å². The summed E-state index contributed by atoms with van der Waals surface area (Å²) in [6, 6.07) is 5.85. The third-order valence-electron chi connectivity index (χ3n) is 2.39. The Morgan fingerprint density at radius 2 is 1.92 bits per heavy atom. The van der Waals surface area contributed by atoms with Crippen LogP contribution in [0.4, 0.5) is 5.69 Å². The van der Waals surface area contributed by atoms with E-state index in [0.717, 1.165) is 28.7 Å². The quantitative estimate of drug-likeness (QED) is 0.702. The molecule has 0 bridgehead atoms. The van der Waals surface area contributed by atoms with Crippen LogP contribution in [0.15, 0.2) is 23.1 Å². The number of nitrogens with zero attached hydrogens (tertiary/aromatic N) is 1. The number of para-hydroxylation sites is 1. The number of thiol groups is 1. The van der Waals surface area contributed by atoms with E-state index in [1.54, 1.807) is 0 Å². The molecule has 0 aromatic heterocycles.